The van der Waals surface area contributed by atoms with Crippen LogP contribution in [-0.4, -0.2) is 64.7 Å². The van der Waals surface area contributed by atoms with E-state index >= 15 is 0 Å². The summed E-state index contributed by atoms with van der Waals surface area (Å²) in [5.74, 6) is -3.64. The van der Waals surface area contributed by atoms with Crippen LogP contribution in [0.4, 0.5) is 0 Å². The van der Waals surface area contributed by atoms with E-state index in [-0.39, 0.29) is 17.8 Å². The number of aliphatic hydroxyl groups is 1. The quantitative estimate of drug-likeness (QED) is 0.231. The number of carboxylic acid groups (broad SMARTS) is 1. The Bertz CT molecular complexity index is 596. The molecule has 0 heterocycles. The van der Waals surface area contributed by atoms with E-state index in [9.17, 15) is 29.4 Å². The van der Waals surface area contributed by atoms with Crippen LogP contribution in [0.2, 0.25) is 0 Å². The fourth-order valence-electron chi connectivity index (χ4n) is 2.80. The van der Waals surface area contributed by atoms with Gasteiger partial charge in [-0.1, -0.05) is 48.0 Å². The van der Waals surface area contributed by atoms with Crippen LogP contribution in [0.25, 0.3) is 0 Å². The first-order valence-corrected chi connectivity index (χ1v) is 10.4. The number of nitrogens with one attached hydrogen (secondary N) is 3. The lowest BCUT2D eigenvalue weighted by Gasteiger charge is -2.28. The average molecular weight is 431 g/mol. The van der Waals surface area contributed by atoms with Crippen LogP contribution in [0.3, 0.4) is 0 Å². The predicted molar refractivity (Wildman–Crippen MR) is 112 cm³/mol. The summed E-state index contributed by atoms with van der Waals surface area (Å²) in [5.41, 5.74) is 5.80. The number of nitrogens with two attached hydrogens (primary N) is 1. The molecule has 5 atom stereocenters. The lowest BCUT2D eigenvalue weighted by Crippen LogP contribution is -2.59. The summed E-state index contributed by atoms with van der Waals surface area (Å²) in [4.78, 5) is 48.9. The number of aliphatic carboxylic acids is 1. The average Bonchev–Trinajstić information content (AvgIpc) is 2.65. The minimum Gasteiger partial charge on any atom is -0.480 e. The maximum absolute atomic E-state index is 12.7. The fraction of sp³-hybridized carbons (Fsp3) is 0.800. The number of carbonyl (C=O) groups is 4. The molecule has 0 aliphatic heterocycles. The molecule has 0 aromatic heterocycles. The van der Waals surface area contributed by atoms with E-state index in [1.807, 2.05) is 20.8 Å². The van der Waals surface area contributed by atoms with Crippen molar-refractivity contribution in [1.82, 2.24) is 16.0 Å². The van der Waals surface area contributed by atoms with Gasteiger partial charge in [0.25, 0.3) is 0 Å². The normalized spacial score (nSPS) is 16.3. The van der Waals surface area contributed by atoms with E-state index < -0.39 is 54.5 Å². The number of hydrogen-bond donors (Lipinski definition) is 6. The molecule has 30 heavy (non-hydrogen) atoms. The fourth-order valence-corrected chi connectivity index (χ4v) is 2.80. The molecule has 0 rings (SSSR count). The number of aliphatic hydroxyl groups excluding tert-OH is 1. The Morgan fingerprint density at radius 1 is 0.867 bits per heavy atom. The van der Waals surface area contributed by atoms with Crippen LogP contribution in [0.1, 0.15) is 54.4 Å². The molecule has 0 fully saturated rings. The van der Waals surface area contributed by atoms with Crippen molar-refractivity contribution >= 4 is 23.7 Å². The summed E-state index contributed by atoms with van der Waals surface area (Å²) >= 11 is 0. The maximum Gasteiger partial charge on any atom is 0.326 e. The van der Waals surface area contributed by atoms with Gasteiger partial charge in [-0.05, 0) is 24.2 Å². The van der Waals surface area contributed by atoms with E-state index in [0.29, 0.717) is 12.8 Å². The van der Waals surface area contributed by atoms with Crippen LogP contribution >= 0.6 is 0 Å². The van der Waals surface area contributed by atoms with Crippen LogP contribution in [0.15, 0.2) is 0 Å². The van der Waals surface area contributed by atoms with Crippen molar-refractivity contribution in [1.29, 1.82) is 0 Å². The molecule has 0 spiro atoms. The van der Waals surface area contributed by atoms with E-state index in [4.69, 9.17) is 5.73 Å². The summed E-state index contributed by atoms with van der Waals surface area (Å²) in [5, 5.41) is 26.3. The number of rotatable bonds is 13. The molecule has 0 saturated heterocycles. The molecule has 7 N–H and O–H groups in total. The van der Waals surface area contributed by atoms with Crippen LogP contribution in [-0.2, 0) is 19.2 Å². The number of amides is 3. The highest BCUT2D eigenvalue weighted by Gasteiger charge is 2.33. The van der Waals surface area contributed by atoms with Crippen molar-refractivity contribution in [2.24, 2.45) is 23.5 Å². The Morgan fingerprint density at radius 2 is 1.40 bits per heavy atom. The third-order valence-corrected chi connectivity index (χ3v) is 4.90. The van der Waals surface area contributed by atoms with E-state index in [1.54, 1.807) is 20.8 Å². The number of carboxylic acids is 1. The molecule has 0 aromatic rings. The zero-order valence-electron chi connectivity index (χ0n) is 18.8. The van der Waals surface area contributed by atoms with Crippen molar-refractivity contribution in [3.8, 4) is 0 Å². The molecule has 10 heteroatoms. The Morgan fingerprint density at radius 3 is 1.80 bits per heavy atom. The molecule has 3 amide bonds. The molecule has 0 aliphatic rings. The van der Waals surface area contributed by atoms with Crippen LogP contribution < -0.4 is 21.7 Å². The summed E-state index contributed by atoms with van der Waals surface area (Å²) in [6.45, 7) is 10.0. The Kier molecular flexibility index (Phi) is 12.2. The Balaban J connectivity index is 5.21. The third kappa shape index (κ3) is 9.08. The standard InChI is InChI=1S/C20H38N4O6/c1-7-12(6)16(20(29)30)24-19(28)15(11(4)5)23-18(27)14(9-25)22-17(26)13(21)8-10(2)3/h10-16,25H,7-9,21H2,1-6H3,(H,22,26)(H,23,27)(H,24,28)(H,29,30). The van der Waals surface area contributed by atoms with Crippen molar-refractivity contribution < 1.29 is 29.4 Å². The van der Waals surface area contributed by atoms with E-state index in [1.165, 1.54) is 0 Å². The smallest absolute Gasteiger partial charge is 0.326 e. The van der Waals surface area contributed by atoms with Gasteiger partial charge in [-0.2, -0.15) is 0 Å². The lowest BCUT2D eigenvalue weighted by atomic mass is 9.97. The minimum absolute atomic E-state index is 0.175. The van der Waals surface area contributed by atoms with Crippen molar-refractivity contribution in [2.45, 2.75) is 78.6 Å². The van der Waals surface area contributed by atoms with Crippen LogP contribution in [0, 0.1) is 17.8 Å². The van der Waals surface area contributed by atoms with Gasteiger partial charge >= 0.3 is 5.97 Å². The van der Waals surface area contributed by atoms with Crippen molar-refractivity contribution in [3.63, 3.8) is 0 Å². The molecule has 0 saturated carbocycles. The van der Waals surface area contributed by atoms with Gasteiger partial charge in [0.1, 0.15) is 18.1 Å². The van der Waals surface area contributed by atoms with Gasteiger partial charge in [-0.3, -0.25) is 14.4 Å². The topological polar surface area (TPSA) is 171 Å². The Hall–Kier alpha value is -2.20. The number of carbonyl (C=O) groups excluding carboxylic acids is 3. The molecule has 0 aliphatic carbocycles. The summed E-state index contributed by atoms with van der Waals surface area (Å²) < 4.78 is 0. The SMILES string of the molecule is CCC(C)C(NC(=O)C(NC(=O)C(CO)NC(=O)C(N)CC(C)C)C(C)C)C(=O)O. The molecule has 174 valence electrons. The second-order valence-electron chi connectivity index (χ2n) is 8.42. The molecular weight excluding hydrogens is 392 g/mol. The summed E-state index contributed by atoms with van der Waals surface area (Å²) in [7, 11) is 0. The predicted octanol–water partition coefficient (Wildman–Crippen LogP) is -0.407. The van der Waals surface area contributed by atoms with Gasteiger partial charge in [0, 0.05) is 0 Å². The van der Waals surface area contributed by atoms with Gasteiger partial charge in [0.05, 0.1) is 12.6 Å². The lowest BCUT2D eigenvalue weighted by molar-refractivity contribution is -0.144. The van der Waals surface area contributed by atoms with Gasteiger partial charge in [0.15, 0.2) is 0 Å². The van der Waals surface area contributed by atoms with E-state index in [0.717, 1.165) is 0 Å². The van der Waals surface area contributed by atoms with Crippen molar-refractivity contribution in [3.05, 3.63) is 0 Å². The minimum atomic E-state index is -1.28. The zero-order chi connectivity index (χ0) is 23.6. The maximum atomic E-state index is 12.7. The molecule has 0 aromatic carbocycles. The molecule has 0 bridgehead atoms. The van der Waals surface area contributed by atoms with Gasteiger partial charge < -0.3 is 31.9 Å². The second-order valence-corrected chi connectivity index (χ2v) is 8.42. The monoisotopic (exact) mass is 430 g/mol. The third-order valence-electron chi connectivity index (χ3n) is 4.90. The van der Waals surface area contributed by atoms with Gasteiger partial charge in [-0.25, -0.2) is 4.79 Å². The summed E-state index contributed by atoms with van der Waals surface area (Å²) in [6.07, 6.45) is 0.958. The largest absolute Gasteiger partial charge is 0.480 e. The molecule has 10 nitrogen and oxygen atoms in total. The zero-order valence-corrected chi connectivity index (χ0v) is 18.8. The highest BCUT2D eigenvalue weighted by atomic mass is 16.4. The first-order chi connectivity index (χ1) is 13.8. The summed E-state index contributed by atoms with van der Waals surface area (Å²) in [6, 6.07) is -4.25. The van der Waals surface area contributed by atoms with Crippen LogP contribution in [0.5, 0.6) is 0 Å². The first kappa shape index (κ1) is 27.8. The Labute approximate surface area is 178 Å². The van der Waals surface area contributed by atoms with Gasteiger partial charge in [0.2, 0.25) is 17.7 Å². The second kappa shape index (κ2) is 13.2. The molecular formula is C20H38N4O6. The first-order valence-electron chi connectivity index (χ1n) is 10.4. The highest BCUT2D eigenvalue weighted by molar-refractivity contribution is 5.94. The molecule has 5 unspecified atom stereocenters. The van der Waals surface area contributed by atoms with Crippen molar-refractivity contribution in [2.75, 3.05) is 6.61 Å². The van der Waals surface area contributed by atoms with Gasteiger partial charge in [-0.15, -0.1) is 0 Å². The molecule has 0 radical (unpaired) electrons. The highest BCUT2D eigenvalue weighted by Crippen LogP contribution is 2.10. The van der Waals surface area contributed by atoms with E-state index in [2.05, 4.69) is 16.0 Å². The number of hydrogen-bond acceptors (Lipinski definition) is 6.